The van der Waals surface area contributed by atoms with Crippen LogP contribution in [0, 0.1) is 5.41 Å². The fourth-order valence-electron chi connectivity index (χ4n) is 4.99. The standard InChI is InChI=1S/C36H40O4/c1-4-5-6-9-14-27(2)39-34(37)36(35(38)40-28(3)29-15-10-7-11-16-29)25-23-33(24-26-36)32-21-19-31(20-22-32)30-17-12-8-13-18-30/h7-8,10-13,15-25,27-28H,4-6,9,14,26H2,1-3H3/t27-,28-,36?/m0/s1. The molecule has 0 saturated heterocycles. The first-order chi connectivity index (χ1) is 19.4. The topological polar surface area (TPSA) is 52.6 Å². The van der Waals surface area contributed by atoms with Crippen molar-refractivity contribution in [2.24, 2.45) is 5.41 Å². The van der Waals surface area contributed by atoms with E-state index in [1.165, 1.54) is 0 Å². The molecule has 0 amide bonds. The maximum Gasteiger partial charge on any atom is 0.328 e. The smallest absolute Gasteiger partial charge is 0.328 e. The molecular formula is C36H40O4. The van der Waals surface area contributed by atoms with Gasteiger partial charge in [-0.05, 0) is 60.9 Å². The van der Waals surface area contributed by atoms with Gasteiger partial charge in [0, 0.05) is 0 Å². The number of benzene rings is 3. The summed E-state index contributed by atoms with van der Waals surface area (Å²) in [7, 11) is 0. The van der Waals surface area contributed by atoms with Crippen LogP contribution in [0.2, 0.25) is 0 Å². The Labute approximate surface area is 238 Å². The van der Waals surface area contributed by atoms with E-state index in [4.69, 9.17) is 9.47 Å². The molecule has 0 radical (unpaired) electrons. The zero-order valence-corrected chi connectivity index (χ0v) is 23.8. The maximum absolute atomic E-state index is 13.7. The molecule has 3 aromatic carbocycles. The fraction of sp³-hybridized carbons (Fsp3) is 0.333. The van der Waals surface area contributed by atoms with Crippen molar-refractivity contribution in [1.29, 1.82) is 0 Å². The Morgan fingerprint density at radius 2 is 1.35 bits per heavy atom. The van der Waals surface area contributed by atoms with Crippen molar-refractivity contribution in [3.8, 4) is 11.1 Å². The van der Waals surface area contributed by atoms with Gasteiger partial charge in [0.25, 0.3) is 0 Å². The fourth-order valence-corrected chi connectivity index (χ4v) is 4.99. The number of allylic oxidation sites excluding steroid dienone is 3. The van der Waals surface area contributed by atoms with Crippen molar-refractivity contribution in [2.45, 2.75) is 71.5 Å². The van der Waals surface area contributed by atoms with Gasteiger partial charge in [0.1, 0.15) is 6.10 Å². The minimum atomic E-state index is -1.52. The second-order valence-electron chi connectivity index (χ2n) is 10.6. The van der Waals surface area contributed by atoms with Crippen LogP contribution in [0.25, 0.3) is 16.7 Å². The van der Waals surface area contributed by atoms with Crippen LogP contribution >= 0.6 is 0 Å². The Balaban J connectivity index is 1.52. The van der Waals surface area contributed by atoms with E-state index in [2.05, 4.69) is 43.3 Å². The average molecular weight is 537 g/mol. The van der Waals surface area contributed by atoms with Crippen molar-refractivity contribution < 1.29 is 19.1 Å². The zero-order chi connectivity index (χ0) is 28.4. The molecule has 4 rings (SSSR count). The largest absolute Gasteiger partial charge is 0.462 e. The molecule has 0 saturated carbocycles. The second kappa shape index (κ2) is 13.9. The molecule has 0 aromatic heterocycles. The predicted molar refractivity (Wildman–Crippen MR) is 161 cm³/mol. The monoisotopic (exact) mass is 536 g/mol. The molecule has 1 unspecified atom stereocenters. The molecule has 3 aromatic rings. The molecule has 0 heterocycles. The molecule has 40 heavy (non-hydrogen) atoms. The summed E-state index contributed by atoms with van der Waals surface area (Å²) in [5.74, 6) is -1.13. The van der Waals surface area contributed by atoms with Crippen molar-refractivity contribution in [1.82, 2.24) is 0 Å². The van der Waals surface area contributed by atoms with E-state index >= 15 is 0 Å². The van der Waals surface area contributed by atoms with E-state index in [1.807, 2.05) is 74.5 Å². The van der Waals surface area contributed by atoms with Crippen LogP contribution in [0.3, 0.4) is 0 Å². The van der Waals surface area contributed by atoms with Gasteiger partial charge < -0.3 is 9.47 Å². The normalized spacial score (nSPS) is 17.9. The van der Waals surface area contributed by atoms with Crippen LogP contribution in [-0.2, 0) is 19.1 Å². The van der Waals surface area contributed by atoms with Crippen LogP contribution < -0.4 is 0 Å². The molecule has 0 spiro atoms. The van der Waals surface area contributed by atoms with Crippen LogP contribution in [-0.4, -0.2) is 18.0 Å². The lowest BCUT2D eigenvalue weighted by molar-refractivity contribution is -0.174. The van der Waals surface area contributed by atoms with Gasteiger partial charge in [-0.15, -0.1) is 0 Å². The highest BCUT2D eigenvalue weighted by Crippen LogP contribution is 2.38. The lowest BCUT2D eigenvalue weighted by atomic mass is 9.78. The van der Waals surface area contributed by atoms with E-state index in [9.17, 15) is 9.59 Å². The van der Waals surface area contributed by atoms with E-state index in [-0.39, 0.29) is 12.5 Å². The van der Waals surface area contributed by atoms with Gasteiger partial charge in [-0.2, -0.15) is 0 Å². The third-order valence-electron chi connectivity index (χ3n) is 7.57. The third kappa shape index (κ3) is 7.18. The van der Waals surface area contributed by atoms with Gasteiger partial charge >= 0.3 is 11.9 Å². The summed E-state index contributed by atoms with van der Waals surface area (Å²) >= 11 is 0. The summed E-state index contributed by atoms with van der Waals surface area (Å²) in [6.07, 6.45) is 10.1. The summed E-state index contributed by atoms with van der Waals surface area (Å²) in [5, 5.41) is 0. The summed E-state index contributed by atoms with van der Waals surface area (Å²) in [4.78, 5) is 27.3. The van der Waals surface area contributed by atoms with E-state index in [0.717, 1.165) is 59.9 Å². The number of carbonyl (C=O) groups excluding carboxylic acids is 2. The van der Waals surface area contributed by atoms with Gasteiger partial charge in [-0.25, -0.2) is 0 Å². The molecule has 3 atom stereocenters. The predicted octanol–water partition coefficient (Wildman–Crippen LogP) is 8.89. The SMILES string of the molecule is CCCCCC[C@H](C)OC(=O)C1(C(=O)O[C@@H](C)c2ccccc2)C=CC(c2ccc(-c3ccccc3)cc2)=CC1. The average Bonchev–Trinajstić information content (AvgIpc) is 3.00. The highest BCUT2D eigenvalue weighted by molar-refractivity contribution is 6.04. The Morgan fingerprint density at radius 1 is 0.750 bits per heavy atom. The lowest BCUT2D eigenvalue weighted by Gasteiger charge is -2.31. The number of carbonyl (C=O) groups is 2. The van der Waals surface area contributed by atoms with Crippen LogP contribution in [0.4, 0.5) is 0 Å². The van der Waals surface area contributed by atoms with Crippen molar-refractivity contribution in [3.63, 3.8) is 0 Å². The highest BCUT2D eigenvalue weighted by Gasteiger charge is 2.48. The molecule has 4 heteroatoms. The lowest BCUT2D eigenvalue weighted by Crippen LogP contribution is -2.42. The Hall–Kier alpha value is -3.92. The molecule has 1 aliphatic rings. The van der Waals surface area contributed by atoms with Gasteiger partial charge in [-0.1, -0.05) is 129 Å². The minimum absolute atomic E-state index is 0.182. The molecule has 0 fully saturated rings. The molecular weight excluding hydrogens is 496 g/mol. The van der Waals surface area contributed by atoms with Gasteiger partial charge in [0.05, 0.1) is 6.10 Å². The first-order valence-corrected chi connectivity index (χ1v) is 14.5. The van der Waals surface area contributed by atoms with Crippen LogP contribution in [0.1, 0.15) is 76.5 Å². The highest BCUT2D eigenvalue weighted by atomic mass is 16.6. The molecule has 4 nitrogen and oxygen atoms in total. The minimum Gasteiger partial charge on any atom is -0.462 e. The van der Waals surface area contributed by atoms with Crippen molar-refractivity contribution in [3.05, 3.63) is 114 Å². The van der Waals surface area contributed by atoms with E-state index in [0.29, 0.717) is 0 Å². The number of esters is 2. The van der Waals surface area contributed by atoms with Crippen molar-refractivity contribution in [2.75, 3.05) is 0 Å². The Kier molecular flexibility index (Phi) is 10.1. The molecule has 0 bridgehead atoms. The Morgan fingerprint density at radius 3 is 1.98 bits per heavy atom. The maximum atomic E-state index is 13.7. The zero-order valence-electron chi connectivity index (χ0n) is 23.8. The third-order valence-corrected chi connectivity index (χ3v) is 7.57. The second-order valence-corrected chi connectivity index (χ2v) is 10.6. The first-order valence-electron chi connectivity index (χ1n) is 14.5. The van der Waals surface area contributed by atoms with Crippen LogP contribution in [0.15, 0.2) is 103 Å². The number of unbranched alkanes of at least 4 members (excludes halogenated alkanes) is 3. The van der Waals surface area contributed by atoms with Gasteiger partial charge in [-0.3, -0.25) is 9.59 Å². The van der Waals surface area contributed by atoms with Gasteiger partial charge in [0.2, 0.25) is 0 Å². The quantitative estimate of drug-likeness (QED) is 0.132. The number of rotatable bonds is 12. The van der Waals surface area contributed by atoms with E-state index < -0.39 is 23.5 Å². The summed E-state index contributed by atoms with van der Waals surface area (Å²) in [6.45, 7) is 5.90. The number of ether oxygens (including phenoxy) is 2. The number of hydrogen-bond acceptors (Lipinski definition) is 4. The van der Waals surface area contributed by atoms with Crippen molar-refractivity contribution >= 4 is 17.5 Å². The molecule has 1 aliphatic carbocycles. The number of hydrogen-bond donors (Lipinski definition) is 0. The van der Waals surface area contributed by atoms with Crippen LogP contribution in [0.5, 0.6) is 0 Å². The summed E-state index contributed by atoms with van der Waals surface area (Å²) < 4.78 is 11.7. The molecule has 208 valence electrons. The van der Waals surface area contributed by atoms with Gasteiger partial charge in [0.15, 0.2) is 5.41 Å². The van der Waals surface area contributed by atoms with E-state index in [1.54, 1.807) is 6.08 Å². The summed E-state index contributed by atoms with van der Waals surface area (Å²) in [6, 6.07) is 28.1. The Bertz CT molecular complexity index is 1310. The summed E-state index contributed by atoms with van der Waals surface area (Å²) in [5.41, 5.74) is 3.62. The first kappa shape index (κ1) is 29.1. The molecule has 0 N–H and O–H groups in total. The molecule has 0 aliphatic heterocycles.